The summed E-state index contributed by atoms with van der Waals surface area (Å²) < 4.78 is 7.33. The van der Waals surface area contributed by atoms with Gasteiger partial charge >= 0.3 is 0 Å². The van der Waals surface area contributed by atoms with Crippen molar-refractivity contribution in [2.45, 2.75) is 64.6 Å². The van der Waals surface area contributed by atoms with Crippen LogP contribution in [0.25, 0.3) is 10.9 Å². The number of methoxy groups -OCH3 is 1. The number of aliphatic hydroxyl groups is 1. The van der Waals surface area contributed by atoms with Crippen LogP contribution in [0.3, 0.4) is 0 Å². The summed E-state index contributed by atoms with van der Waals surface area (Å²) in [7, 11) is 1.63. The first-order valence-corrected chi connectivity index (χ1v) is 11.8. The Morgan fingerprint density at radius 1 is 1.24 bits per heavy atom. The molecule has 0 spiro atoms. The minimum atomic E-state index is -0.134. The molecule has 1 aliphatic carbocycles. The van der Waals surface area contributed by atoms with Crippen molar-refractivity contribution in [2.75, 3.05) is 20.3 Å². The lowest BCUT2D eigenvalue weighted by molar-refractivity contribution is 0.103. The number of benzene rings is 1. The number of aromatic amines is 1. The highest BCUT2D eigenvalue weighted by Gasteiger charge is 2.32. The van der Waals surface area contributed by atoms with Crippen LogP contribution in [-0.4, -0.2) is 55.5 Å². The molecule has 1 unspecified atom stereocenters. The molecule has 0 amide bonds. The van der Waals surface area contributed by atoms with Gasteiger partial charge in [0.05, 0.1) is 25.8 Å². The second kappa shape index (κ2) is 10.4. The van der Waals surface area contributed by atoms with E-state index < -0.39 is 0 Å². The maximum Gasteiger partial charge on any atom is 0.252 e. The second-order valence-electron chi connectivity index (χ2n) is 9.23. The number of rotatable bonds is 9. The van der Waals surface area contributed by atoms with Crippen LogP contribution in [0.15, 0.2) is 29.1 Å². The number of nitrogens with one attached hydrogen (secondary N) is 1. The van der Waals surface area contributed by atoms with Crippen LogP contribution in [0.5, 0.6) is 5.75 Å². The van der Waals surface area contributed by atoms with Gasteiger partial charge in [-0.3, -0.25) is 9.69 Å². The minimum absolute atomic E-state index is 0.0203. The lowest BCUT2D eigenvalue weighted by Gasteiger charge is -2.34. The first-order valence-electron chi connectivity index (χ1n) is 11.8. The first-order chi connectivity index (χ1) is 16.0. The zero-order chi connectivity index (χ0) is 23.4. The summed E-state index contributed by atoms with van der Waals surface area (Å²) in [6, 6.07) is 7.67. The van der Waals surface area contributed by atoms with E-state index in [9.17, 15) is 9.90 Å². The van der Waals surface area contributed by atoms with Crippen LogP contribution in [0.2, 0.25) is 0 Å². The molecule has 9 nitrogen and oxygen atoms in total. The number of pyridine rings is 1. The minimum Gasteiger partial charge on any atom is -0.497 e. The van der Waals surface area contributed by atoms with Crippen LogP contribution in [0, 0.1) is 5.92 Å². The molecule has 1 atom stereocenters. The van der Waals surface area contributed by atoms with Crippen molar-refractivity contribution in [3.8, 4) is 5.75 Å². The molecule has 4 rings (SSSR count). The summed E-state index contributed by atoms with van der Waals surface area (Å²) in [5, 5.41) is 23.6. The lowest BCUT2D eigenvalue weighted by atomic mass is 9.94. The van der Waals surface area contributed by atoms with Crippen LogP contribution in [0.1, 0.15) is 69.4 Å². The Morgan fingerprint density at radius 2 is 2.03 bits per heavy atom. The molecule has 0 bridgehead atoms. The van der Waals surface area contributed by atoms with Crippen molar-refractivity contribution in [2.24, 2.45) is 5.92 Å². The van der Waals surface area contributed by atoms with E-state index in [0.29, 0.717) is 24.7 Å². The summed E-state index contributed by atoms with van der Waals surface area (Å²) in [5.74, 6) is 1.73. The normalized spacial score (nSPS) is 16.1. The molecule has 1 fully saturated rings. The zero-order valence-electron chi connectivity index (χ0n) is 19.7. The molecule has 0 saturated heterocycles. The van der Waals surface area contributed by atoms with Gasteiger partial charge in [0.1, 0.15) is 5.75 Å². The third kappa shape index (κ3) is 5.09. The number of hydrogen-bond donors (Lipinski definition) is 2. The first kappa shape index (κ1) is 23.4. The van der Waals surface area contributed by atoms with Crippen molar-refractivity contribution in [3.05, 3.63) is 46.0 Å². The molecule has 9 heteroatoms. The molecule has 1 aliphatic rings. The SMILES string of the molecule is COc1ccc2[nH]c(=O)c(CN(CCO)C(c3nnnn3C3CCCCC3)C(C)C)cc2c1. The van der Waals surface area contributed by atoms with Crippen molar-refractivity contribution < 1.29 is 9.84 Å². The molecule has 0 aliphatic heterocycles. The predicted molar refractivity (Wildman–Crippen MR) is 126 cm³/mol. The molecular formula is C24H34N6O3. The average Bonchev–Trinajstić information content (AvgIpc) is 3.29. The number of fused-ring (bicyclic) bond motifs is 1. The fourth-order valence-electron chi connectivity index (χ4n) is 5.00. The summed E-state index contributed by atoms with van der Waals surface area (Å²) in [6.07, 6.45) is 5.79. The van der Waals surface area contributed by atoms with E-state index in [2.05, 4.69) is 39.3 Å². The van der Waals surface area contributed by atoms with Gasteiger partial charge in [0.15, 0.2) is 5.82 Å². The van der Waals surface area contributed by atoms with Crippen LogP contribution in [-0.2, 0) is 6.54 Å². The van der Waals surface area contributed by atoms with Crippen molar-refractivity contribution in [3.63, 3.8) is 0 Å². The van der Waals surface area contributed by atoms with Crippen molar-refractivity contribution in [1.29, 1.82) is 0 Å². The van der Waals surface area contributed by atoms with Gasteiger partial charge in [-0.2, -0.15) is 0 Å². The van der Waals surface area contributed by atoms with Gasteiger partial charge in [-0.25, -0.2) is 4.68 Å². The summed E-state index contributed by atoms with van der Waals surface area (Å²) in [6.45, 7) is 5.03. The van der Waals surface area contributed by atoms with E-state index in [1.54, 1.807) is 7.11 Å². The Bertz CT molecular complexity index is 1120. The molecule has 33 heavy (non-hydrogen) atoms. The number of ether oxygens (including phenoxy) is 1. The third-order valence-electron chi connectivity index (χ3n) is 6.62. The number of nitrogens with zero attached hydrogens (tertiary/aromatic N) is 5. The number of H-pyrrole nitrogens is 1. The lowest BCUT2D eigenvalue weighted by Crippen LogP contribution is -2.38. The molecule has 3 aromatic rings. The third-order valence-corrected chi connectivity index (χ3v) is 6.62. The van der Waals surface area contributed by atoms with Gasteiger partial charge in [0, 0.05) is 29.6 Å². The zero-order valence-corrected chi connectivity index (χ0v) is 19.7. The molecule has 0 radical (unpaired) electrons. The Hall–Kier alpha value is -2.78. The van der Waals surface area contributed by atoms with E-state index in [1.807, 2.05) is 28.9 Å². The predicted octanol–water partition coefficient (Wildman–Crippen LogP) is 3.22. The average molecular weight is 455 g/mol. The molecule has 2 aromatic heterocycles. The largest absolute Gasteiger partial charge is 0.497 e. The van der Waals surface area contributed by atoms with E-state index in [0.717, 1.165) is 35.3 Å². The van der Waals surface area contributed by atoms with Gasteiger partial charge < -0.3 is 14.8 Å². The van der Waals surface area contributed by atoms with Crippen LogP contribution >= 0.6 is 0 Å². The van der Waals surface area contributed by atoms with Gasteiger partial charge in [-0.15, -0.1) is 5.10 Å². The number of aromatic nitrogens is 5. The van der Waals surface area contributed by atoms with Gasteiger partial charge in [-0.1, -0.05) is 33.1 Å². The Kier molecular flexibility index (Phi) is 7.39. The highest BCUT2D eigenvalue weighted by Crippen LogP contribution is 2.33. The van der Waals surface area contributed by atoms with E-state index in [4.69, 9.17) is 4.74 Å². The van der Waals surface area contributed by atoms with E-state index >= 15 is 0 Å². The number of aliphatic hydroxyl groups excluding tert-OH is 1. The summed E-state index contributed by atoms with van der Waals surface area (Å²) in [4.78, 5) is 18.0. The Morgan fingerprint density at radius 3 is 2.73 bits per heavy atom. The van der Waals surface area contributed by atoms with E-state index in [1.165, 1.54) is 19.3 Å². The monoisotopic (exact) mass is 454 g/mol. The molecule has 178 valence electrons. The van der Waals surface area contributed by atoms with Gasteiger partial charge in [-0.05, 0) is 53.5 Å². The topological polar surface area (TPSA) is 109 Å². The molecule has 1 saturated carbocycles. The fraction of sp³-hybridized carbons (Fsp3) is 0.583. The Labute approximate surface area is 193 Å². The molecule has 2 heterocycles. The van der Waals surface area contributed by atoms with E-state index in [-0.39, 0.29) is 24.1 Å². The highest BCUT2D eigenvalue weighted by molar-refractivity contribution is 5.80. The van der Waals surface area contributed by atoms with Crippen LogP contribution < -0.4 is 10.3 Å². The van der Waals surface area contributed by atoms with Crippen molar-refractivity contribution in [1.82, 2.24) is 30.1 Å². The Balaban J connectivity index is 1.69. The maximum atomic E-state index is 12.9. The molecule has 1 aromatic carbocycles. The molecule has 2 N–H and O–H groups in total. The maximum absolute atomic E-state index is 12.9. The molecular weight excluding hydrogens is 420 g/mol. The quantitative estimate of drug-likeness (QED) is 0.511. The highest BCUT2D eigenvalue weighted by atomic mass is 16.5. The van der Waals surface area contributed by atoms with Crippen LogP contribution in [0.4, 0.5) is 0 Å². The summed E-state index contributed by atoms with van der Waals surface area (Å²) in [5.41, 5.74) is 1.26. The second-order valence-corrected chi connectivity index (χ2v) is 9.23. The van der Waals surface area contributed by atoms with Crippen molar-refractivity contribution >= 4 is 10.9 Å². The summed E-state index contributed by atoms with van der Waals surface area (Å²) >= 11 is 0. The van der Waals surface area contributed by atoms with Gasteiger partial charge in [0.2, 0.25) is 0 Å². The smallest absolute Gasteiger partial charge is 0.252 e. The fourth-order valence-corrected chi connectivity index (χ4v) is 5.00. The number of hydrogen-bond acceptors (Lipinski definition) is 7. The number of tetrazole rings is 1. The standard InChI is InChI=1S/C24H34N6O3/c1-16(2)22(23-26-27-28-30(23)19-7-5-4-6-8-19)29(11-12-31)15-18-13-17-14-20(33-3)9-10-21(17)25-24(18)32/h9-10,13-14,16,19,22,31H,4-8,11-12,15H2,1-3H3,(H,25,32). The van der Waals surface area contributed by atoms with Gasteiger partial charge in [0.25, 0.3) is 5.56 Å².